The molecule has 0 aromatic carbocycles. The molecule has 0 radical (unpaired) electrons. The van der Waals surface area contributed by atoms with E-state index in [2.05, 4.69) is 42.0 Å². The second-order valence-corrected chi connectivity index (χ2v) is 6.01. The van der Waals surface area contributed by atoms with Crippen LogP contribution in [0.3, 0.4) is 0 Å². The van der Waals surface area contributed by atoms with Gasteiger partial charge in [-0.2, -0.15) is 0 Å². The minimum Gasteiger partial charge on any atom is -0.370 e. The fourth-order valence-corrected chi connectivity index (χ4v) is 1.69. The van der Waals surface area contributed by atoms with Crippen molar-refractivity contribution in [2.75, 3.05) is 67.6 Å². The first-order valence-electron chi connectivity index (χ1n) is 6.55. The van der Waals surface area contributed by atoms with E-state index in [9.17, 15) is 0 Å². The fourth-order valence-electron chi connectivity index (χ4n) is 1.69. The van der Waals surface area contributed by atoms with E-state index in [1.54, 1.807) is 0 Å². The Labute approximate surface area is 102 Å². The van der Waals surface area contributed by atoms with Crippen LogP contribution in [0.2, 0.25) is 0 Å². The molecular formula is C13H32N2O+2. The molecule has 16 heavy (non-hydrogen) atoms. The fraction of sp³-hybridized carbons (Fsp3) is 1.00. The Morgan fingerprint density at radius 3 is 1.81 bits per heavy atom. The molecule has 0 aliphatic carbocycles. The van der Waals surface area contributed by atoms with Crippen LogP contribution in [0.4, 0.5) is 0 Å². The Kier molecular flexibility index (Phi) is 7.20. The molecule has 0 fully saturated rings. The number of ether oxygens (including phenoxy) is 1. The molecule has 0 saturated carbocycles. The largest absolute Gasteiger partial charge is 0.370 e. The lowest BCUT2D eigenvalue weighted by molar-refractivity contribution is -0.908. The predicted octanol–water partition coefficient (Wildman–Crippen LogP) is 1.59. The van der Waals surface area contributed by atoms with Crippen LogP contribution in [0.5, 0.6) is 0 Å². The van der Waals surface area contributed by atoms with E-state index in [-0.39, 0.29) is 0 Å². The van der Waals surface area contributed by atoms with Gasteiger partial charge in [-0.1, -0.05) is 6.92 Å². The summed E-state index contributed by atoms with van der Waals surface area (Å²) in [6.45, 7) is 11.0. The lowest BCUT2D eigenvalue weighted by Gasteiger charge is -2.33. The first-order valence-corrected chi connectivity index (χ1v) is 6.55. The molecule has 3 heteroatoms. The summed E-state index contributed by atoms with van der Waals surface area (Å²) < 4.78 is 7.84. The van der Waals surface area contributed by atoms with Gasteiger partial charge in [-0.15, -0.1) is 0 Å². The summed E-state index contributed by atoms with van der Waals surface area (Å²) in [6, 6.07) is 0. The van der Waals surface area contributed by atoms with E-state index in [1.165, 1.54) is 19.5 Å². The van der Waals surface area contributed by atoms with Crippen LogP contribution in [-0.2, 0) is 4.74 Å². The van der Waals surface area contributed by atoms with Gasteiger partial charge < -0.3 is 13.7 Å². The molecule has 0 N–H and O–H groups in total. The molecule has 0 spiro atoms. The Hall–Kier alpha value is -0.120. The molecule has 3 nitrogen and oxygen atoms in total. The maximum atomic E-state index is 5.72. The molecule has 0 heterocycles. The summed E-state index contributed by atoms with van der Waals surface area (Å²) in [6.07, 6.45) is 1.25. The van der Waals surface area contributed by atoms with Crippen LogP contribution in [0.15, 0.2) is 0 Å². The van der Waals surface area contributed by atoms with E-state index >= 15 is 0 Å². The lowest BCUT2D eigenvalue weighted by atomic mass is 10.3. The first-order chi connectivity index (χ1) is 7.33. The summed E-state index contributed by atoms with van der Waals surface area (Å²) in [5.74, 6) is 0. The highest BCUT2D eigenvalue weighted by atomic mass is 16.5. The molecule has 98 valence electrons. The number of hydrogen-bond acceptors (Lipinski definition) is 1. The highest BCUT2D eigenvalue weighted by Gasteiger charge is 2.17. The molecule has 0 bridgehead atoms. The van der Waals surface area contributed by atoms with E-state index in [0.717, 1.165) is 35.3 Å². The number of likely N-dealkylation sites (N-methyl/N-ethyl adjacent to an activating group) is 2. The summed E-state index contributed by atoms with van der Waals surface area (Å²) in [4.78, 5) is 0. The maximum absolute atomic E-state index is 5.72. The standard InChI is InChI=1S/C13H32N2O/c1-7-9-15(6,8-2)11-13-16-12-10-14(3,4)5/h7-13H2,1-6H3/q+2. The Bertz CT molecular complexity index is 177. The van der Waals surface area contributed by atoms with Gasteiger partial charge in [0.25, 0.3) is 0 Å². The van der Waals surface area contributed by atoms with E-state index in [1.807, 2.05) is 0 Å². The average Bonchev–Trinajstić information content (AvgIpc) is 2.16. The molecule has 0 rings (SSSR count). The van der Waals surface area contributed by atoms with Crippen LogP contribution in [0.1, 0.15) is 20.3 Å². The Morgan fingerprint density at radius 2 is 1.38 bits per heavy atom. The molecule has 0 aliphatic rings. The highest BCUT2D eigenvalue weighted by Crippen LogP contribution is 2.03. The van der Waals surface area contributed by atoms with Crippen molar-refractivity contribution in [2.45, 2.75) is 20.3 Å². The van der Waals surface area contributed by atoms with Gasteiger partial charge in [0, 0.05) is 0 Å². The zero-order valence-electron chi connectivity index (χ0n) is 12.3. The third kappa shape index (κ3) is 8.08. The highest BCUT2D eigenvalue weighted by molar-refractivity contribution is 4.38. The molecule has 1 unspecified atom stereocenters. The normalized spacial score (nSPS) is 16.1. The van der Waals surface area contributed by atoms with Gasteiger partial charge in [-0.05, 0) is 13.3 Å². The summed E-state index contributed by atoms with van der Waals surface area (Å²) >= 11 is 0. The van der Waals surface area contributed by atoms with Crippen molar-refractivity contribution in [3.05, 3.63) is 0 Å². The van der Waals surface area contributed by atoms with Crippen molar-refractivity contribution in [2.24, 2.45) is 0 Å². The maximum Gasteiger partial charge on any atom is 0.102 e. The molecule has 0 aromatic rings. The van der Waals surface area contributed by atoms with Crippen molar-refractivity contribution in [3.63, 3.8) is 0 Å². The molecular weight excluding hydrogens is 200 g/mol. The third-order valence-electron chi connectivity index (χ3n) is 3.21. The Morgan fingerprint density at radius 1 is 0.812 bits per heavy atom. The second-order valence-electron chi connectivity index (χ2n) is 6.01. The molecule has 0 amide bonds. The zero-order chi connectivity index (χ0) is 12.7. The summed E-state index contributed by atoms with van der Waals surface area (Å²) in [7, 11) is 8.93. The molecule has 0 saturated heterocycles. The lowest BCUT2D eigenvalue weighted by Crippen LogP contribution is -2.47. The van der Waals surface area contributed by atoms with Gasteiger partial charge in [0.15, 0.2) is 0 Å². The van der Waals surface area contributed by atoms with Gasteiger partial charge in [0.05, 0.1) is 54.5 Å². The van der Waals surface area contributed by atoms with Crippen molar-refractivity contribution >= 4 is 0 Å². The molecule has 1 atom stereocenters. The van der Waals surface area contributed by atoms with Gasteiger partial charge in [-0.3, -0.25) is 0 Å². The average molecular weight is 232 g/mol. The monoisotopic (exact) mass is 232 g/mol. The van der Waals surface area contributed by atoms with Crippen LogP contribution in [0, 0.1) is 0 Å². The SMILES string of the molecule is CCC[N+](C)(CC)CCOCC[N+](C)(C)C. The predicted molar refractivity (Wildman–Crippen MR) is 70.5 cm³/mol. The smallest absolute Gasteiger partial charge is 0.102 e. The quantitative estimate of drug-likeness (QED) is 0.433. The van der Waals surface area contributed by atoms with Crippen molar-refractivity contribution in [1.29, 1.82) is 0 Å². The number of quaternary nitrogens is 2. The van der Waals surface area contributed by atoms with Crippen LogP contribution in [-0.4, -0.2) is 76.5 Å². The Balaban J connectivity index is 3.64. The minimum absolute atomic E-state index is 0.874. The van der Waals surface area contributed by atoms with Crippen molar-refractivity contribution in [3.8, 4) is 0 Å². The van der Waals surface area contributed by atoms with Gasteiger partial charge in [0.2, 0.25) is 0 Å². The van der Waals surface area contributed by atoms with Crippen molar-refractivity contribution < 1.29 is 13.7 Å². The number of rotatable bonds is 9. The van der Waals surface area contributed by atoms with E-state index in [4.69, 9.17) is 4.74 Å². The number of hydrogen-bond donors (Lipinski definition) is 0. The van der Waals surface area contributed by atoms with E-state index < -0.39 is 0 Å². The van der Waals surface area contributed by atoms with Crippen molar-refractivity contribution in [1.82, 2.24) is 0 Å². The zero-order valence-corrected chi connectivity index (χ0v) is 12.3. The first kappa shape index (κ1) is 15.9. The van der Waals surface area contributed by atoms with Gasteiger partial charge >= 0.3 is 0 Å². The topological polar surface area (TPSA) is 9.23 Å². The number of nitrogens with zero attached hydrogens (tertiary/aromatic N) is 2. The van der Waals surface area contributed by atoms with Gasteiger partial charge in [-0.25, -0.2) is 0 Å². The second kappa shape index (κ2) is 7.25. The molecule has 0 aliphatic heterocycles. The molecule has 0 aromatic heterocycles. The van der Waals surface area contributed by atoms with Gasteiger partial charge in [0.1, 0.15) is 13.1 Å². The summed E-state index contributed by atoms with van der Waals surface area (Å²) in [5, 5.41) is 0. The van der Waals surface area contributed by atoms with Crippen LogP contribution < -0.4 is 0 Å². The van der Waals surface area contributed by atoms with Crippen LogP contribution in [0.25, 0.3) is 0 Å². The van der Waals surface area contributed by atoms with E-state index in [0.29, 0.717) is 0 Å². The third-order valence-corrected chi connectivity index (χ3v) is 3.21. The summed E-state index contributed by atoms with van der Waals surface area (Å²) in [5.41, 5.74) is 0. The van der Waals surface area contributed by atoms with Crippen LogP contribution >= 0.6 is 0 Å². The minimum atomic E-state index is 0.874.